The van der Waals surface area contributed by atoms with Gasteiger partial charge in [0.25, 0.3) is 0 Å². The topological polar surface area (TPSA) is 26.0 Å². The lowest BCUT2D eigenvalue weighted by atomic mass is 9.68. The van der Waals surface area contributed by atoms with Gasteiger partial charge >= 0.3 is 0 Å². The quantitative estimate of drug-likeness (QED) is 0.739. The fraction of sp³-hybridized carbons (Fsp3) is 0.786. The third-order valence-electron chi connectivity index (χ3n) is 3.95. The van der Waals surface area contributed by atoms with Crippen LogP contribution in [0.15, 0.2) is 10.6 Å². The van der Waals surface area contributed by atoms with Crippen LogP contribution in [0.25, 0.3) is 0 Å². The predicted molar refractivity (Wildman–Crippen MR) is 70.5 cm³/mol. The van der Waals surface area contributed by atoms with Gasteiger partial charge in [0.05, 0.1) is 6.20 Å². The van der Waals surface area contributed by atoms with Gasteiger partial charge in [-0.15, -0.1) is 11.6 Å². The summed E-state index contributed by atoms with van der Waals surface area (Å²) in [5.74, 6) is 3.14. The van der Waals surface area contributed by atoms with E-state index in [1.54, 1.807) is 0 Å². The molecule has 0 aliphatic heterocycles. The van der Waals surface area contributed by atoms with Gasteiger partial charge < -0.3 is 4.42 Å². The Bertz CT molecular complexity index is 359. The van der Waals surface area contributed by atoms with Gasteiger partial charge in [-0.2, -0.15) is 0 Å². The summed E-state index contributed by atoms with van der Waals surface area (Å²) in [7, 11) is 0. The number of aromatic nitrogens is 1. The Kier molecular flexibility index (Phi) is 4.13. The Morgan fingerprint density at radius 3 is 3.00 bits per heavy atom. The van der Waals surface area contributed by atoms with Crippen LogP contribution in [0.3, 0.4) is 0 Å². The molecule has 1 atom stereocenters. The third-order valence-corrected chi connectivity index (χ3v) is 4.21. The first-order valence-corrected chi connectivity index (χ1v) is 7.17. The van der Waals surface area contributed by atoms with Crippen molar-refractivity contribution in [3.63, 3.8) is 0 Å². The molecular formula is C14H22ClNO. The largest absolute Gasteiger partial charge is 0.445 e. The molecule has 2 rings (SSSR count). The van der Waals surface area contributed by atoms with Crippen molar-refractivity contribution in [3.05, 3.63) is 17.8 Å². The van der Waals surface area contributed by atoms with Crippen LogP contribution in [0.5, 0.6) is 0 Å². The van der Waals surface area contributed by atoms with Crippen LogP contribution in [0.2, 0.25) is 0 Å². The smallest absolute Gasteiger partial charge is 0.194 e. The van der Waals surface area contributed by atoms with Gasteiger partial charge in [-0.25, -0.2) is 4.98 Å². The van der Waals surface area contributed by atoms with Crippen LogP contribution in [-0.4, -0.2) is 10.9 Å². The molecule has 1 aromatic heterocycles. The maximum absolute atomic E-state index is 5.89. The normalized spacial score (nSPS) is 23.8. The minimum atomic E-state index is 0.349. The first-order valence-electron chi connectivity index (χ1n) is 6.64. The standard InChI is InChI=1S/C14H22ClNO/c1-14(2)8-4-3-6-11(14)12-10-16-13(17-12)7-5-9-15/h10-11H,3-9H2,1-2H3. The molecule has 1 heterocycles. The molecule has 17 heavy (non-hydrogen) atoms. The highest BCUT2D eigenvalue weighted by Crippen LogP contribution is 2.46. The van der Waals surface area contributed by atoms with Gasteiger partial charge in [0.1, 0.15) is 5.76 Å². The molecule has 1 aromatic rings. The van der Waals surface area contributed by atoms with Crippen LogP contribution in [0.4, 0.5) is 0 Å². The number of nitrogens with zero attached hydrogens (tertiary/aromatic N) is 1. The van der Waals surface area contributed by atoms with Crippen LogP contribution >= 0.6 is 11.6 Å². The average Bonchev–Trinajstić information content (AvgIpc) is 2.74. The molecule has 3 heteroatoms. The molecule has 1 fully saturated rings. The molecule has 0 amide bonds. The van der Waals surface area contributed by atoms with E-state index in [-0.39, 0.29) is 0 Å². The van der Waals surface area contributed by atoms with Gasteiger partial charge in [0.2, 0.25) is 0 Å². The second-order valence-electron chi connectivity index (χ2n) is 5.74. The van der Waals surface area contributed by atoms with Crippen molar-refractivity contribution in [2.24, 2.45) is 5.41 Å². The molecule has 0 saturated heterocycles. The Hall–Kier alpha value is -0.500. The van der Waals surface area contributed by atoms with E-state index in [2.05, 4.69) is 18.8 Å². The molecule has 1 unspecified atom stereocenters. The minimum absolute atomic E-state index is 0.349. The summed E-state index contributed by atoms with van der Waals surface area (Å²) in [5, 5.41) is 0. The van der Waals surface area contributed by atoms with Crippen molar-refractivity contribution in [2.75, 3.05) is 5.88 Å². The van der Waals surface area contributed by atoms with E-state index in [9.17, 15) is 0 Å². The molecule has 0 bridgehead atoms. The van der Waals surface area contributed by atoms with E-state index in [0.717, 1.165) is 24.5 Å². The molecule has 1 aliphatic rings. The number of hydrogen-bond donors (Lipinski definition) is 0. The number of hydrogen-bond acceptors (Lipinski definition) is 2. The number of aryl methyl sites for hydroxylation is 1. The van der Waals surface area contributed by atoms with Gasteiger partial charge in [0.15, 0.2) is 5.89 Å². The summed E-state index contributed by atoms with van der Waals surface area (Å²) in [4.78, 5) is 4.37. The van der Waals surface area contributed by atoms with Gasteiger partial charge in [-0.05, 0) is 24.7 Å². The van der Waals surface area contributed by atoms with Crippen molar-refractivity contribution in [3.8, 4) is 0 Å². The van der Waals surface area contributed by atoms with Crippen LogP contribution < -0.4 is 0 Å². The zero-order valence-electron chi connectivity index (χ0n) is 10.8. The zero-order chi connectivity index (χ0) is 12.3. The summed E-state index contributed by atoms with van der Waals surface area (Å²) in [6, 6.07) is 0. The molecule has 0 aromatic carbocycles. The molecule has 1 aliphatic carbocycles. The first-order chi connectivity index (χ1) is 8.13. The second-order valence-corrected chi connectivity index (χ2v) is 6.11. The van der Waals surface area contributed by atoms with Crippen molar-refractivity contribution in [1.29, 1.82) is 0 Å². The highest BCUT2D eigenvalue weighted by Gasteiger charge is 2.35. The number of halogens is 1. The summed E-state index contributed by atoms with van der Waals surface area (Å²) in [6.45, 7) is 4.69. The number of rotatable bonds is 4. The van der Waals surface area contributed by atoms with Crippen LogP contribution in [0, 0.1) is 5.41 Å². The fourth-order valence-corrected chi connectivity index (χ4v) is 2.97. The third kappa shape index (κ3) is 3.04. The summed E-state index contributed by atoms with van der Waals surface area (Å²) >= 11 is 5.68. The Morgan fingerprint density at radius 1 is 1.47 bits per heavy atom. The van der Waals surface area contributed by atoms with E-state index in [0.29, 0.717) is 17.2 Å². The number of oxazole rings is 1. The van der Waals surface area contributed by atoms with Crippen molar-refractivity contribution in [2.45, 2.75) is 58.3 Å². The molecule has 0 N–H and O–H groups in total. The van der Waals surface area contributed by atoms with Crippen LogP contribution in [-0.2, 0) is 6.42 Å². The molecule has 0 spiro atoms. The minimum Gasteiger partial charge on any atom is -0.445 e. The average molecular weight is 256 g/mol. The Labute approximate surface area is 109 Å². The molecule has 1 saturated carbocycles. The maximum atomic E-state index is 5.89. The van der Waals surface area contributed by atoms with Crippen LogP contribution in [0.1, 0.15) is 63.5 Å². The summed E-state index contributed by atoms with van der Waals surface area (Å²) < 4.78 is 5.89. The van der Waals surface area contributed by atoms with Crippen molar-refractivity contribution >= 4 is 11.6 Å². The predicted octanol–water partition coefficient (Wildman–Crippen LogP) is 4.53. The van der Waals surface area contributed by atoms with Crippen molar-refractivity contribution in [1.82, 2.24) is 4.98 Å². The Balaban J connectivity index is 2.07. The van der Waals surface area contributed by atoms with E-state index in [1.807, 2.05) is 6.20 Å². The van der Waals surface area contributed by atoms with Gasteiger partial charge in [-0.1, -0.05) is 26.7 Å². The van der Waals surface area contributed by atoms with E-state index in [1.165, 1.54) is 25.7 Å². The SMILES string of the molecule is CC1(C)CCCCC1c1cnc(CCCCl)o1. The second kappa shape index (κ2) is 5.43. The van der Waals surface area contributed by atoms with Gasteiger partial charge in [0, 0.05) is 18.2 Å². The lowest BCUT2D eigenvalue weighted by Crippen LogP contribution is -2.25. The zero-order valence-corrected chi connectivity index (χ0v) is 11.6. The lowest BCUT2D eigenvalue weighted by Gasteiger charge is -2.37. The molecule has 0 radical (unpaired) electrons. The number of alkyl halides is 1. The highest BCUT2D eigenvalue weighted by molar-refractivity contribution is 6.17. The monoisotopic (exact) mass is 255 g/mol. The van der Waals surface area contributed by atoms with Gasteiger partial charge in [-0.3, -0.25) is 0 Å². The highest BCUT2D eigenvalue weighted by atomic mass is 35.5. The van der Waals surface area contributed by atoms with E-state index in [4.69, 9.17) is 16.0 Å². The molecule has 2 nitrogen and oxygen atoms in total. The first kappa shape index (κ1) is 12.9. The Morgan fingerprint density at radius 2 is 2.29 bits per heavy atom. The molecule has 96 valence electrons. The summed E-state index contributed by atoms with van der Waals surface area (Å²) in [6.07, 6.45) is 8.91. The maximum Gasteiger partial charge on any atom is 0.194 e. The van der Waals surface area contributed by atoms with E-state index < -0.39 is 0 Å². The van der Waals surface area contributed by atoms with Crippen molar-refractivity contribution < 1.29 is 4.42 Å². The summed E-state index contributed by atoms with van der Waals surface area (Å²) in [5.41, 5.74) is 0.349. The lowest BCUT2D eigenvalue weighted by molar-refractivity contribution is 0.176. The molecular weight excluding hydrogens is 234 g/mol. The van der Waals surface area contributed by atoms with E-state index >= 15 is 0 Å². The fourth-order valence-electron chi connectivity index (χ4n) is 2.84.